The van der Waals surface area contributed by atoms with Crippen molar-refractivity contribution in [1.29, 1.82) is 0 Å². The standard InChI is InChI=1S/C13H14N2O/c1-9(14-2)13(16)11-7-3-5-10-6-4-8-15-12(10)11/h3-9,14H,1-2H3. The first-order chi connectivity index (χ1) is 7.74. The van der Waals surface area contributed by atoms with Crippen molar-refractivity contribution in [3.8, 4) is 0 Å². The van der Waals surface area contributed by atoms with E-state index in [9.17, 15) is 4.79 Å². The van der Waals surface area contributed by atoms with Crippen molar-refractivity contribution in [2.45, 2.75) is 13.0 Å². The Kier molecular flexibility index (Phi) is 2.97. The van der Waals surface area contributed by atoms with Crippen LogP contribution in [0.15, 0.2) is 36.5 Å². The van der Waals surface area contributed by atoms with Crippen LogP contribution in [0.25, 0.3) is 10.9 Å². The molecule has 16 heavy (non-hydrogen) atoms. The van der Waals surface area contributed by atoms with Crippen LogP contribution >= 0.6 is 0 Å². The smallest absolute Gasteiger partial charge is 0.181 e. The molecule has 0 aliphatic carbocycles. The van der Waals surface area contributed by atoms with Crippen LogP contribution in [0.2, 0.25) is 0 Å². The van der Waals surface area contributed by atoms with Crippen LogP contribution in [0.4, 0.5) is 0 Å². The van der Waals surface area contributed by atoms with Gasteiger partial charge in [-0.2, -0.15) is 0 Å². The summed E-state index contributed by atoms with van der Waals surface area (Å²) in [5, 5.41) is 3.95. The van der Waals surface area contributed by atoms with Crippen molar-refractivity contribution in [1.82, 2.24) is 10.3 Å². The van der Waals surface area contributed by atoms with E-state index in [0.717, 1.165) is 10.9 Å². The number of benzene rings is 1. The van der Waals surface area contributed by atoms with Crippen LogP contribution in [0.5, 0.6) is 0 Å². The highest BCUT2D eigenvalue weighted by atomic mass is 16.1. The molecule has 0 aliphatic heterocycles. The summed E-state index contributed by atoms with van der Waals surface area (Å²) in [6.45, 7) is 1.85. The molecule has 2 aromatic rings. The van der Waals surface area contributed by atoms with Gasteiger partial charge in [0.25, 0.3) is 0 Å². The normalized spacial score (nSPS) is 12.6. The fourth-order valence-electron chi connectivity index (χ4n) is 1.67. The van der Waals surface area contributed by atoms with E-state index in [1.807, 2.05) is 37.3 Å². The van der Waals surface area contributed by atoms with Gasteiger partial charge < -0.3 is 5.32 Å². The molecule has 1 aromatic carbocycles. The van der Waals surface area contributed by atoms with Gasteiger partial charge in [-0.1, -0.05) is 18.2 Å². The molecule has 3 nitrogen and oxygen atoms in total. The highest BCUT2D eigenvalue weighted by Gasteiger charge is 2.15. The van der Waals surface area contributed by atoms with Crippen LogP contribution in [0.1, 0.15) is 17.3 Å². The van der Waals surface area contributed by atoms with E-state index in [0.29, 0.717) is 5.56 Å². The van der Waals surface area contributed by atoms with Crippen molar-refractivity contribution in [2.24, 2.45) is 0 Å². The first kappa shape index (κ1) is 10.8. The van der Waals surface area contributed by atoms with Crippen LogP contribution in [0.3, 0.4) is 0 Å². The monoisotopic (exact) mass is 214 g/mol. The Balaban J connectivity index is 2.56. The molecule has 0 bridgehead atoms. The van der Waals surface area contributed by atoms with Crippen LogP contribution in [-0.2, 0) is 0 Å². The lowest BCUT2D eigenvalue weighted by Gasteiger charge is -2.10. The average Bonchev–Trinajstić information content (AvgIpc) is 2.36. The zero-order valence-electron chi connectivity index (χ0n) is 9.40. The minimum absolute atomic E-state index is 0.0757. The van der Waals surface area contributed by atoms with Crippen LogP contribution in [-0.4, -0.2) is 23.9 Å². The number of rotatable bonds is 3. The van der Waals surface area contributed by atoms with Gasteiger partial charge in [-0.3, -0.25) is 9.78 Å². The number of likely N-dealkylation sites (N-methyl/N-ethyl adjacent to an activating group) is 1. The number of hydrogen-bond donors (Lipinski definition) is 1. The Bertz CT molecular complexity index is 517. The van der Waals surface area contributed by atoms with Crippen LogP contribution in [0, 0.1) is 0 Å². The van der Waals surface area contributed by atoms with Gasteiger partial charge in [-0.05, 0) is 26.1 Å². The second-order valence-electron chi connectivity index (χ2n) is 3.76. The highest BCUT2D eigenvalue weighted by molar-refractivity contribution is 6.08. The third-order valence-corrected chi connectivity index (χ3v) is 2.72. The largest absolute Gasteiger partial charge is 0.310 e. The van der Waals surface area contributed by atoms with E-state index in [2.05, 4.69) is 10.3 Å². The van der Waals surface area contributed by atoms with Gasteiger partial charge >= 0.3 is 0 Å². The van der Waals surface area contributed by atoms with Gasteiger partial charge in [0.2, 0.25) is 0 Å². The summed E-state index contributed by atoms with van der Waals surface area (Å²) in [5.41, 5.74) is 1.46. The van der Waals surface area contributed by atoms with Crippen molar-refractivity contribution >= 4 is 16.7 Å². The zero-order valence-corrected chi connectivity index (χ0v) is 9.40. The quantitative estimate of drug-likeness (QED) is 0.795. The molecule has 1 N–H and O–H groups in total. The molecule has 0 saturated carbocycles. The maximum atomic E-state index is 12.1. The lowest BCUT2D eigenvalue weighted by molar-refractivity contribution is 0.0956. The molecule has 2 rings (SSSR count). The summed E-state index contributed by atoms with van der Waals surface area (Å²) in [6, 6.07) is 9.32. The van der Waals surface area contributed by atoms with E-state index in [4.69, 9.17) is 0 Å². The molecule has 1 aromatic heterocycles. The summed E-state index contributed by atoms with van der Waals surface area (Å²) in [6.07, 6.45) is 1.71. The summed E-state index contributed by atoms with van der Waals surface area (Å²) in [7, 11) is 1.78. The molecule has 1 atom stereocenters. The molecule has 1 unspecified atom stereocenters. The summed E-state index contributed by atoms with van der Waals surface area (Å²) in [5.74, 6) is 0.0757. The maximum absolute atomic E-state index is 12.1. The molecule has 0 spiro atoms. The molecule has 0 aliphatic rings. The minimum atomic E-state index is -0.187. The Morgan fingerprint density at radius 1 is 1.31 bits per heavy atom. The zero-order chi connectivity index (χ0) is 11.5. The topological polar surface area (TPSA) is 42.0 Å². The number of carbonyl (C=O) groups is 1. The SMILES string of the molecule is CNC(C)C(=O)c1cccc2cccnc12. The van der Waals surface area contributed by atoms with Gasteiger partial charge in [-0.25, -0.2) is 0 Å². The number of hydrogen-bond acceptors (Lipinski definition) is 3. The second kappa shape index (κ2) is 4.41. The van der Waals surface area contributed by atoms with Gasteiger partial charge in [0.1, 0.15) is 0 Å². The Labute approximate surface area is 94.5 Å². The molecular weight excluding hydrogens is 200 g/mol. The first-order valence-electron chi connectivity index (χ1n) is 5.29. The number of ketones is 1. The molecule has 0 radical (unpaired) electrons. The number of fused-ring (bicyclic) bond motifs is 1. The second-order valence-corrected chi connectivity index (χ2v) is 3.76. The number of pyridine rings is 1. The van der Waals surface area contributed by atoms with Crippen molar-refractivity contribution in [3.05, 3.63) is 42.1 Å². The number of aromatic nitrogens is 1. The number of para-hydroxylation sites is 1. The van der Waals surface area contributed by atoms with E-state index in [-0.39, 0.29) is 11.8 Å². The van der Waals surface area contributed by atoms with E-state index >= 15 is 0 Å². The Morgan fingerprint density at radius 2 is 2.06 bits per heavy atom. The maximum Gasteiger partial charge on any atom is 0.181 e. The molecule has 0 amide bonds. The van der Waals surface area contributed by atoms with Gasteiger partial charge in [0.15, 0.2) is 5.78 Å². The number of nitrogens with one attached hydrogen (secondary N) is 1. The third-order valence-electron chi connectivity index (χ3n) is 2.72. The van der Waals surface area contributed by atoms with E-state index < -0.39 is 0 Å². The summed E-state index contributed by atoms with van der Waals surface area (Å²) >= 11 is 0. The summed E-state index contributed by atoms with van der Waals surface area (Å²) in [4.78, 5) is 16.4. The van der Waals surface area contributed by atoms with Crippen molar-refractivity contribution in [3.63, 3.8) is 0 Å². The lowest BCUT2D eigenvalue weighted by Crippen LogP contribution is -2.30. The fourth-order valence-corrected chi connectivity index (χ4v) is 1.67. The number of Topliss-reactive ketones (excluding diaryl/α,β-unsaturated/α-hetero) is 1. The molecule has 0 saturated heterocycles. The first-order valence-corrected chi connectivity index (χ1v) is 5.29. The number of carbonyl (C=O) groups excluding carboxylic acids is 1. The lowest BCUT2D eigenvalue weighted by atomic mass is 10.0. The minimum Gasteiger partial charge on any atom is -0.310 e. The van der Waals surface area contributed by atoms with E-state index in [1.165, 1.54) is 0 Å². The van der Waals surface area contributed by atoms with Gasteiger partial charge in [0.05, 0.1) is 11.6 Å². The molecule has 0 fully saturated rings. The van der Waals surface area contributed by atoms with Gasteiger partial charge in [0, 0.05) is 17.1 Å². The van der Waals surface area contributed by atoms with Crippen LogP contribution < -0.4 is 5.32 Å². The highest BCUT2D eigenvalue weighted by Crippen LogP contribution is 2.17. The predicted molar refractivity (Wildman–Crippen MR) is 64.6 cm³/mol. The van der Waals surface area contributed by atoms with Crippen molar-refractivity contribution in [2.75, 3.05) is 7.05 Å². The average molecular weight is 214 g/mol. The summed E-state index contributed by atoms with van der Waals surface area (Å²) < 4.78 is 0. The van der Waals surface area contributed by atoms with Crippen molar-refractivity contribution < 1.29 is 4.79 Å². The number of nitrogens with zero attached hydrogens (tertiary/aromatic N) is 1. The van der Waals surface area contributed by atoms with Gasteiger partial charge in [-0.15, -0.1) is 0 Å². The fraction of sp³-hybridized carbons (Fsp3) is 0.231. The molecular formula is C13H14N2O. The molecule has 82 valence electrons. The predicted octanol–water partition coefficient (Wildman–Crippen LogP) is 2.03. The molecule has 3 heteroatoms. The third kappa shape index (κ3) is 1.82. The van der Waals surface area contributed by atoms with E-state index in [1.54, 1.807) is 13.2 Å². The Hall–Kier alpha value is -1.74. The Morgan fingerprint density at radius 3 is 2.81 bits per heavy atom. The molecule has 1 heterocycles.